The Bertz CT molecular complexity index is 1360. The molecule has 0 N–H and O–H groups in total. The van der Waals surface area contributed by atoms with Gasteiger partial charge in [0.05, 0.1) is 0 Å². The lowest BCUT2D eigenvalue weighted by Crippen LogP contribution is -2.30. The molecule has 76 heavy (non-hydrogen) atoms. The standard InChI is InChI=1S/C70H126O6/c1-4-7-10-13-16-19-22-24-26-28-30-31-32-33-34-35-36-37-38-39-41-42-44-46-48-51-54-57-60-63-69(72)75-66-67(65-74-68(71)62-59-56-53-50-21-18-15-12-9-6-3)76-70(73)64-61-58-55-52-49-47-45-43-40-29-27-25-23-20-17-14-11-8-5-2/h7,10,16,19,24,26,30-31,33-34,67H,4-6,8-9,11-15,17-18,20-23,25,27-29,32,35-66H2,1-3H3/b10-7-,19-16-,26-24-,31-30-,34-33-. The SMILES string of the molecule is CC/C=C\C/C=C\C/C=C\C/C=C\C/C=C\CCCCCCCCCCCCCCCC(=O)OCC(COC(=O)CCCCCCCCCCCC)OC(=O)CCCCCCCCCCCCCCCCCCCCC. The maximum Gasteiger partial charge on any atom is 0.306 e. The van der Waals surface area contributed by atoms with Crippen molar-refractivity contribution in [2.75, 3.05) is 13.2 Å². The highest BCUT2D eigenvalue weighted by Crippen LogP contribution is 2.18. The van der Waals surface area contributed by atoms with Crippen molar-refractivity contribution in [3.8, 4) is 0 Å². The Morgan fingerprint density at radius 3 is 0.803 bits per heavy atom. The summed E-state index contributed by atoms with van der Waals surface area (Å²) >= 11 is 0. The van der Waals surface area contributed by atoms with Gasteiger partial charge in [-0.2, -0.15) is 0 Å². The summed E-state index contributed by atoms with van der Waals surface area (Å²) in [5.41, 5.74) is 0. The molecule has 0 aromatic rings. The largest absolute Gasteiger partial charge is 0.462 e. The number of carbonyl (C=O) groups excluding carboxylic acids is 3. The van der Waals surface area contributed by atoms with Crippen molar-refractivity contribution in [3.63, 3.8) is 0 Å². The average molecular weight is 1060 g/mol. The molecule has 0 bridgehead atoms. The van der Waals surface area contributed by atoms with Crippen LogP contribution >= 0.6 is 0 Å². The van der Waals surface area contributed by atoms with E-state index in [1.165, 1.54) is 218 Å². The summed E-state index contributed by atoms with van der Waals surface area (Å²) in [6.45, 7) is 6.57. The van der Waals surface area contributed by atoms with Crippen molar-refractivity contribution in [2.45, 2.75) is 354 Å². The Morgan fingerprint density at radius 2 is 0.513 bits per heavy atom. The maximum atomic E-state index is 12.9. The van der Waals surface area contributed by atoms with Gasteiger partial charge in [-0.05, 0) is 64.2 Å². The first-order chi connectivity index (χ1) is 37.5. The van der Waals surface area contributed by atoms with Crippen molar-refractivity contribution in [1.82, 2.24) is 0 Å². The van der Waals surface area contributed by atoms with Crippen molar-refractivity contribution in [2.24, 2.45) is 0 Å². The maximum absolute atomic E-state index is 12.9. The van der Waals surface area contributed by atoms with Crippen LogP contribution in [0.2, 0.25) is 0 Å². The first-order valence-corrected chi connectivity index (χ1v) is 33.3. The molecule has 0 aromatic carbocycles. The van der Waals surface area contributed by atoms with Crippen LogP contribution in [0.5, 0.6) is 0 Å². The van der Waals surface area contributed by atoms with Gasteiger partial charge in [-0.3, -0.25) is 14.4 Å². The van der Waals surface area contributed by atoms with Gasteiger partial charge in [0.15, 0.2) is 6.10 Å². The number of ether oxygens (including phenoxy) is 3. The fourth-order valence-electron chi connectivity index (χ4n) is 9.83. The summed E-state index contributed by atoms with van der Waals surface area (Å²) in [7, 11) is 0. The van der Waals surface area contributed by atoms with Crippen LogP contribution < -0.4 is 0 Å². The van der Waals surface area contributed by atoms with Gasteiger partial charge in [-0.15, -0.1) is 0 Å². The molecule has 0 spiro atoms. The minimum Gasteiger partial charge on any atom is -0.462 e. The molecule has 0 saturated carbocycles. The molecule has 0 heterocycles. The summed E-state index contributed by atoms with van der Waals surface area (Å²) in [4.78, 5) is 38.3. The first-order valence-electron chi connectivity index (χ1n) is 33.3. The average Bonchev–Trinajstić information content (AvgIpc) is 3.42. The molecular weight excluding hydrogens is 937 g/mol. The van der Waals surface area contributed by atoms with Gasteiger partial charge in [0, 0.05) is 19.3 Å². The number of allylic oxidation sites excluding steroid dienone is 10. The molecule has 0 radical (unpaired) electrons. The minimum atomic E-state index is -0.770. The van der Waals surface area contributed by atoms with E-state index in [1.807, 2.05) is 0 Å². The summed E-state index contributed by atoms with van der Waals surface area (Å²) in [5.74, 6) is -0.849. The topological polar surface area (TPSA) is 78.9 Å². The zero-order valence-corrected chi connectivity index (χ0v) is 50.8. The van der Waals surface area contributed by atoms with Crippen molar-refractivity contribution in [1.29, 1.82) is 0 Å². The van der Waals surface area contributed by atoms with Crippen molar-refractivity contribution >= 4 is 17.9 Å². The molecule has 0 fully saturated rings. The van der Waals surface area contributed by atoms with Gasteiger partial charge >= 0.3 is 17.9 Å². The number of unbranched alkanes of at least 4 members (excludes halogenated alkanes) is 40. The van der Waals surface area contributed by atoms with E-state index in [0.717, 1.165) is 89.9 Å². The number of hydrogen-bond donors (Lipinski definition) is 0. The molecule has 1 atom stereocenters. The fraction of sp³-hybridized carbons (Fsp3) is 0.814. The van der Waals surface area contributed by atoms with Crippen LogP contribution in [-0.4, -0.2) is 37.2 Å². The molecule has 0 aromatic heterocycles. The molecule has 0 aliphatic carbocycles. The first kappa shape index (κ1) is 73.1. The van der Waals surface area contributed by atoms with Crippen LogP contribution in [0, 0.1) is 0 Å². The summed E-state index contributed by atoms with van der Waals surface area (Å²) in [5, 5.41) is 0. The quantitative estimate of drug-likeness (QED) is 0.0261. The molecule has 0 aliphatic rings. The van der Waals surface area contributed by atoms with E-state index >= 15 is 0 Å². The van der Waals surface area contributed by atoms with Gasteiger partial charge in [-0.25, -0.2) is 0 Å². The molecule has 1 unspecified atom stereocenters. The highest BCUT2D eigenvalue weighted by molar-refractivity contribution is 5.71. The van der Waals surface area contributed by atoms with Crippen molar-refractivity contribution in [3.05, 3.63) is 60.8 Å². The van der Waals surface area contributed by atoms with Gasteiger partial charge in [0.1, 0.15) is 13.2 Å². The highest BCUT2D eigenvalue weighted by atomic mass is 16.6. The third-order valence-corrected chi connectivity index (χ3v) is 14.8. The van der Waals surface area contributed by atoms with Crippen LogP contribution in [0.3, 0.4) is 0 Å². The van der Waals surface area contributed by atoms with Gasteiger partial charge in [-0.1, -0.05) is 326 Å². The molecule has 442 valence electrons. The van der Waals surface area contributed by atoms with Crippen LogP contribution in [0.1, 0.15) is 348 Å². The third kappa shape index (κ3) is 62.0. The fourth-order valence-corrected chi connectivity index (χ4v) is 9.83. The lowest BCUT2D eigenvalue weighted by Gasteiger charge is -2.18. The molecule has 0 rings (SSSR count). The Morgan fingerprint density at radius 1 is 0.276 bits per heavy atom. The zero-order chi connectivity index (χ0) is 55.0. The van der Waals surface area contributed by atoms with Gasteiger partial charge in [0.2, 0.25) is 0 Å². The van der Waals surface area contributed by atoms with E-state index < -0.39 is 6.10 Å². The Labute approximate surface area is 472 Å². The Hall–Kier alpha value is -2.89. The van der Waals surface area contributed by atoms with Crippen LogP contribution in [-0.2, 0) is 28.6 Å². The third-order valence-electron chi connectivity index (χ3n) is 14.8. The van der Waals surface area contributed by atoms with E-state index in [2.05, 4.69) is 81.5 Å². The minimum absolute atomic E-state index is 0.0682. The van der Waals surface area contributed by atoms with E-state index in [4.69, 9.17) is 14.2 Å². The van der Waals surface area contributed by atoms with E-state index in [0.29, 0.717) is 19.3 Å². The highest BCUT2D eigenvalue weighted by Gasteiger charge is 2.19. The second-order valence-corrected chi connectivity index (χ2v) is 22.4. The summed E-state index contributed by atoms with van der Waals surface area (Å²) in [6.07, 6.45) is 82.4. The normalized spacial score (nSPS) is 12.4. The monoisotopic (exact) mass is 1060 g/mol. The number of hydrogen-bond acceptors (Lipinski definition) is 6. The van der Waals surface area contributed by atoms with E-state index in [-0.39, 0.29) is 31.1 Å². The zero-order valence-electron chi connectivity index (χ0n) is 50.8. The second kappa shape index (κ2) is 64.6. The van der Waals surface area contributed by atoms with Gasteiger partial charge in [0.25, 0.3) is 0 Å². The Kier molecular flexibility index (Phi) is 62.2. The summed E-state index contributed by atoms with van der Waals surface area (Å²) in [6, 6.07) is 0. The predicted molar refractivity (Wildman–Crippen MR) is 330 cm³/mol. The van der Waals surface area contributed by atoms with Crippen LogP contribution in [0.25, 0.3) is 0 Å². The van der Waals surface area contributed by atoms with Gasteiger partial charge < -0.3 is 14.2 Å². The molecule has 0 amide bonds. The Balaban J connectivity index is 4.16. The number of carbonyl (C=O) groups is 3. The lowest BCUT2D eigenvalue weighted by molar-refractivity contribution is -0.167. The predicted octanol–water partition coefficient (Wildman–Crippen LogP) is 22.7. The molecule has 6 nitrogen and oxygen atoms in total. The van der Waals surface area contributed by atoms with Crippen LogP contribution in [0.15, 0.2) is 60.8 Å². The summed E-state index contributed by atoms with van der Waals surface area (Å²) < 4.78 is 16.9. The smallest absolute Gasteiger partial charge is 0.306 e. The van der Waals surface area contributed by atoms with E-state index in [9.17, 15) is 14.4 Å². The van der Waals surface area contributed by atoms with E-state index in [1.54, 1.807) is 0 Å². The second-order valence-electron chi connectivity index (χ2n) is 22.4. The lowest BCUT2D eigenvalue weighted by atomic mass is 10.0. The molecule has 0 aliphatic heterocycles. The van der Waals surface area contributed by atoms with Crippen LogP contribution in [0.4, 0.5) is 0 Å². The molecule has 6 heteroatoms. The molecular formula is C70H126O6. The number of rotatable bonds is 61. The molecule has 0 saturated heterocycles. The van der Waals surface area contributed by atoms with Crippen molar-refractivity contribution < 1.29 is 28.6 Å². The number of esters is 3.